The third-order valence-electron chi connectivity index (χ3n) is 4.68. The lowest BCUT2D eigenvalue weighted by Crippen LogP contribution is -2.07. The zero-order valence-electron chi connectivity index (χ0n) is 18.0. The van der Waals surface area contributed by atoms with Gasteiger partial charge in [-0.05, 0) is 36.8 Å². The third kappa shape index (κ3) is 5.38. The first kappa shape index (κ1) is 22.1. The summed E-state index contributed by atoms with van der Waals surface area (Å²) in [6, 6.07) is 15.9. The van der Waals surface area contributed by atoms with Crippen LogP contribution >= 0.6 is 23.1 Å². The predicted octanol–water partition coefficient (Wildman–Crippen LogP) is 5.78. The van der Waals surface area contributed by atoms with Crippen molar-refractivity contribution in [1.82, 2.24) is 19.7 Å². The van der Waals surface area contributed by atoms with Crippen LogP contribution in [0.2, 0.25) is 0 Å². The number of ether oxygens (including phenoxy) is 2. The number of aromatic nitrogens is 4. The van der Waals surface area contributed by atoms with E-state index in [2.05, 4.69) is 22.2 Å². The Hall–Kier alpha value is -3.10. The number of methoxy groups -OCH3 is 1. The van der Waals surface area contributed by atoms with Crippen LogP contribution < -0.4 is 9.47 Å². The standard InChI is InChI=1S/C24H24N4O2S2/c1-4-11-28-22(14-30-21-10-5-7-17(2)12-21)26-27-24(28)32-16-19-15-31-23(25-19)18-8-6-9-20(13-18)29-3/h4-10,12-13,15H,1,11,14,16H2,2-3H3. The summed E-state index contributed by atoms with van der Waals surface area (Å²) in [5, 5.41) is 12.6. The molecule has 0 saturated carbocycles. The highest BCUT2D eigenvalue weighted by Gasteiger charge is 2.14. The summed E-state index contributed by atoms with van der Waals surface area (Å²) >= 11 is 3.23. The molecule has 0 aliphatic rings. The van der Waals surface area contributed by atoms with Crippen LogP contribution in [0.15, 0.2) is 71.7 Å². The van der Waals surface area contributed by atoms with E-state index in [1.54, 1.807) is 30.2 Å². The second-order valence-electron chi connectivity index (χ2n) is 7.07. The number of aryl methyl sites for hydroxylation is 1. The van der Waals surface area contributed by atoms with Gasteiger partial charge in [0.1, 0.15) is 23.1 Å². The Morgan fingerprint density at radius 2 is 1.97 bits per heavy atom. The van der Waals surface area contributed by atoms with Crippen LogP contribution in [-0.2, 0) is 18.9 Å². The van der Waals surface area contributed by atoms with E-state index < -0.39 is 0 Å². The Morgan fingerprint density at radius 3 is 2.78 bits per heavy atom. The molecule has 0 N–H and O–H groups in total. The first-order valence-corrected chi connectivity index (χ1v) is 12.0. The van der Waals surface area contributed by atoms with Gasteiger partial charge >= 0.3 is 0 Å². The fourth-order valence-electron chi connectivity index (χ4n) is 3.10. The Bertz CT molecular complexity index is 1200. The van der Waals surface area contributed by atoms with Gasteiger partial charge in [-0.1, -0.05) is 42.1 Å². The van der Waals surface area contributed by atoms with Crippen molar-refractivity contribution < 1.29 is 9.47 Å². The molecule has 0 fully saturated rings. The average Bonchev–Trinajstić information content (AvgIpc) is 3.44. The van der Waals surface area contributed by atoms with E-state index in [-0.39, 0.29) is 0 Å². The summed E-state index contributed by atoms with van der Waals surface area (Å²) in [6.45, 7) is 6.88. The van der Waals surface area contributed by atoms with E-state index in [4.69, 9.17) is 14.5 Å². The van der Waals surface area contributed by atoms with E-state index >= 15 is 0 Å². The highest BCUT2D eigenvalue weighted by Crippen LogP contribution is 2.29. The van der Waals surface area contributed by atoms with Gasteiger partial charge < -0.3 is 9.47 Å². The maximum absolute atomic E-state index is 5.92. The number of allylic oxidation sites excluding steroid dienone is 1. The van der Waals surface area contributed by atoms with Crippen molar-refractivity contribution in [3.8, 4) is 22.1 Å². The summed E-state index contributed by atoms with van der Waals surface area (Å²) in [7, 11) is 1.67. The average molecular weight is 465 g/mol. The van der Waals surface area contributed by atoms with Crippen molar-refractivity contribution in [2.45, 2.75) is 31.0 Å². The summed E-state index contributed by atoms with van der Waals surface area (Å²) in [6.07, 6.45) is 1.84. The molecule has 2 aromatic heterocycles. The number of nitrogens with zero attached hydrogens (tertiary/aromatic N) is 4. The zero-order chi connectivity index (χ0) is 22.3. The second kappa shape index (κ2) is 10.5. The molecule has 2 aromatic carbocycles. The SMILES string of the molecule is C=CCn1c(COc2cccc(C)c2)nnc1SCc1csc(-c2cccc(OC)c2)n1. The van der Waals surface area contributed by atoms with Crippen LogP contribution in [0, 0.1) is 6.92 Å². The number of thiazole rings is 1. The maximum Gasteiger partial charge on any atom is 0.191 e. The minimum atomic E-state index is 0.349. The largest absolute Gasteiger partial charge is 0.497 e. The van der Waals surface area contributed by atoms with Crippen molar-refractivity contribution in [1.29, 1.82) is 0 Å². The maximum atomic E-state index is 5.92. The molecule has 2 heterocycles. The van der Waals surface area contributed by atoms with Gasteiger partial charge in [0.2, 0.25) is 0 Å². The lowest BCUT2D eigenvalue weighted by molar-refractivity contribution is 0.289. The van der Waals surface area contributed by atoms with Crippen molar-refractivity contribution in [3.63, 3.8) is 0 Å². The molecule has 0 bridgehead atoms. The van der Waals surface area contributed by atoms with Gasteiger partial charge in [-0.25, -0.2) is 4.98 Å². The molecule has 0 amide bonds. The van der Waals surface area contributed by atoms with Crippen molar-refractivity contribution in [2.75, 3.05) is 7.11 Å². The van der Waals surface area contributed by atoms with Crippen molar-refractivity contribution in [3.05, 3.63) is 83.6 Å². The molecule has 0 radical (unpaired) electrons. The number of rotatable bonds is 10. The lowest BCUT2D eigenvalue weighted by Gasteiger charge is -2.09. The first-order chi connectivity index (χ1) is 15.7. The van der Waals surface area contributed by atoms with E-state index in [9.17, 15) is 0 Å². The van der Waals surface area contributed by atoms with Gasteiger partial charge in [0.05, 0.1) is 12.8 Å². The van der Waals surface area contributed by atoms with Gasteiger partial charge in [-0.3, -0.25) is 4.57 Å². The number of thioether (sulfide) groups is 1. The molecule has 8 heteroatoms. The minimum Gasteiger partial charge on any atom is -0.497 e. The van der Waals surface area contributed by atoms with Gasteiger partial charge in [-0.2, -0.15) is 0 Å². The number of benzene rings is 2. The quantitative estimate of drug-likeness (QED) is 0.219. The Labute approximate surface area is 196 Å². The molecule has 0 aliphatic heterocycles. The number of hydrogen-bond donors (Lipinski definition) is 0. The topological polar surface area (TPSA) is 62.1 Å². The Morgan fingerprint density at radius 1 is 1.12 bits per heavy atom. The minimum absolute atomic E-state index is 0.349. The van der Waals surface area contributed by atoms with Gasteiger partial charge in [0.25, 0.3) is 0 Å². The van der Waals surface area contributed by atoms with E-state index in [0.717, 1.165) is 44.3 Å². The number of hydrogen-bond acceptors (Lipinski definition) is 7. The summed E-state index contributed by atoms with van der Waals surface area (Å²) in [5.74, 6) is 3.12. The van der Waals surface area contributed by atoms with Gasteiger partial charge in [0.15, 0.2) is 11.0 Å². The van der Waals surface area contributed by atoms with Crippen LogP contribution in [0.1, 0.15) is 17.1 Å². The Kier molecular flexibility index (Phi) is 7.24. The van der Waals surface area contributed by atoms with Crippen LogP contribution in [0.4, 0.5) is 0 Å². The highest BCUT2D eigenvalue weighted by molar-refractivity contribution is 7.98. The molecule has 0 atom stereocenters. The van der Waals surface area contributed by atoms with E-state index in [0.29, 0.717) is 18.9 Å². The summed E-state index contributed by atoms with van der Waals surface area (Å²) in [4.78, 5) is 4.78. The monoisotopic (exact) mass is 464 g/mol. The lowest BCUT2D eigenvalue weighted by atomic mass is 10.2. The predicted molar refractivity (Wildman–Crippen MR) is 129 cm³/mol. The van der Waals surface area contributed by atoms with Crippen molar-refractivity contribution >= 4 is 23.1 Å². The highest BCUT2D eigenvalue weighted by atomic mass is 32.2. The van der Waals surface area contributed by atoms with Crippen LogP contribution in [0.3, 0.4) is 0 Å². The van der Waals surface area contributed by atoms with Crippen LogP contribution in [0.25, 0.3) is 10.6 Å². The molecule has 4 aromatic rings. The summed E-state index contributed by atoms with van der Waals surface area (Å²) in [5.41, 5.74) is 3.21. The van der Waals surface area contributed by atoms with Gasteiger partial charge in [0, 0.05) is 23.2 Å². The molecular formula is C24H24N4O2S2. The van der Waals surface area contributed by atoms with Crippen LogP contribution in [-0.4, -0.2) is 26.9 Å². The Balaban J connectivity index is 1.43. The fraction of sp³-hybridized carbons (Fsp3) is 0.208. The third-order valence-corrected chi connectivity index (χ3v) is 6.62. The van der Waals surface area contributed by atoms with E-state index in [1.165, 1.54) is 0 Å². The normalized spacial score (nSPS) is 10.8. The second-order valence-corrected chi connectivity index (χ2v) is 8.87. The van der Waals surface area contributed by atoms with Crippen molar-refractivity contribution in [2.24, 2.45) is 0 Å². The zero-order valence-corrected chi connectivity index (χ0v) is 19.7. The molecule has 4 rings (SSSR count). The molecule has 6 nitrogen and oxygen atoms in total. The van der Waals surface area contributed by atoms with Crippen LogP contribution in [0.5, 0.6) is 11.5 Å². The molecule has 0 unspecified atom stereocenters. The first-order valence-electron chi connectivity index (χ1n) is 10.1. The molecule has 0 spiro atoms. The summed E-state index contributed by atoms with van der Waals surface area (Å²) < 4.78 is 13.3. The molecule has 0 saturated heterocycles. The fourth-order valence-corrected chi connectivity index (χ4v) is 4.88. The molecular weight excluding hydrogens is 440 g/mol. The molecule has 32 heavy (non-hydrogen) atoms. The molecule has 164 valence electrons. The van der Waals surface area contributed by atoms with Gasteiger partial charge in [-0.15, -0.1) is 28.1 Å². The van der Waals surface area contributed by atoms with E-state index in [1.807, 2.05) is 66.1 Å². The molecule has 0 aliphatic carbocycles. The smallest absolute Gasteiger partial charge is 0.191 e.